The van der Waals surface area contributed by atoms with Gasteiger partial charge in [-0.25, -0.2) is 4.99 Å². The monoisotopic (exact) mass is 378 g/mol. The van der Waals surface area contributed by atoms with Crippen LogP contribution in [0.15, 0.2) is 21.7 Å². The minimum Gasteiger partial charge on any atom is -0.467 e. The first-order chi connectivity index (χ1) is 8.65. The first-order valence-corrected chi connectivity index (χ1v) is 6.09. The van der Waals surface area contributed by atoms with Crippen LogP contribution >= 0.6 is 24.0 Å². The Balaban J connectivity index is 0.00000180. The molecule has 1 fully saturated rings. The van der Waals surface area contributed by atoms with Crippen molar-refractivity contribution >= 4 is 35.8 Å². The van der Waals surface area contributed by atoms with Crippen molar-refractivity contribution < 1.29 is 9.21 Å². The zero-order chi connectivity index (χ0) is 13.0. The Hall–Kier alpha value is -1.25. The summed E-state index contributed by atoms with van der Waals surface area (Å²) in [5.41, 5.74) is 11.2. The first-order valence-electron chi connectivity index (χ1n) is 6.09. The van der Waals surface area contributed by atoms with E-state index in [-0.39, 0.29) is 24.0 Å². The van der Waals surface area contributed by atoms with Gasteiger partial charge < -0.3 is 21.2 Å². The predicted octanol–water partition coefficient (Wildman–Crippen LogP) is 1.34. The van der Waals surface area contributed by atoms with Crippen LogP contribution in [0.5, 0.6) is 0 Å². The molecule has 0 aromatic carbocycles. The van der Waals surface area contributed by atoms with Gasteiger partial charge >= 0.3 is 0 Å². The molecule has 5 N–H and O–H groups in total. The Morgan fingerprint density at radius 3 is 2.68 bits per heavy atom. The van der Waals surface area contributed by atoms with Crippen molar-refractivity contribution in [2.45, 2.75) is 38.3 Å². The lowest BCUT2D eigenvalue weighted by atomic mass is 10.2. The summed E-state index contributed by atoms with van der Waals surface area (Å²) in [6.45, 7) is 0.304. The van der Waals surface area contributed by atoms with Gasteiger partial charge in [0.25, 0.3) is 5.91 Å². The van der Waals surface area contributed by atoms with Gasteiger partial charge in [-0.1, -0.05) is 12.8 Å². The maximum Gasteiger partial charge on any atom is 0.251 e. The van der Waals surface area contributed by atoms with Crippen LogP contribution in [-0.4, -0.2) is 17.9 Å². The van der Waals surface area contributed by atoms with Gasteiger partial charge in [-0.3, -0.25) is 4.79 Å². The number of hydrogen-bond donors (Lipinski definition) is 3. The minimum absolute atomic E-state index is 0. The SMILES string of the molecule is I.NC(=O)c1coc(CN=C(N)NC2CCCC2)c1. The predicted molar refractivity (Wildman–Crippen MR) is 83.4 cm³/mol. The highest BCUT2D eigenvalue weighted by Crippen LogP contribution is 2.17. The van der Waals surface area contributed by atoms with E-state index in [0.717, 1.165) is 12.8 Å². The number of carbonyl (C=O) groups excluding carboxylic acids is 1. The average molecular weight is 378 g/mol. The van der Waals surface area contributed by atoms with Crippen LogP contribution in [0.2, 0.25) is 0 Å². The summed E-state index contributed by atoms with van der Waals surface area (Å²) in [5.74, 6) is 0.477. The van der Waals surface area contributed by atoms with E-state index in [1.807, 2.05) is 0 Å². The fraction of sp³-hybridized carbons (Fsp3) is 0.500. The molecule has 106 valence electrons. The number of guanidine groups is 1. The van der Waals surface area contributed by atoms with Crippen LogP contribution in [0.25, 0.3) is 0 Å². The minimum atomic E-state index is -0.508. The van der Waals surface area contributed by atoms with Crippen LogP contribution in [-0.2, 0) is 6.54 Å². The molecule has 0 saturated heterocycles. The molecule has 1 aromatic heterocycles. The molecule has 6 nitrogen and oxygen atoms in total. The largest absolute Gasteiger partial charge is 0.467 e. The van der Waals surface area contributed by atoms with Crippen molar-refractivity contribution in [3.8, 4) is 0 Å². The second-order valence-electron chi connectivity index (χ2n) is 4.49. The van der Waals surface area contributed by atoms with Crippen LogP contribution < -0.4 is 16.8 Å². The van der Waals surface area contributed by atoms with E-state index in [4.69, 9.17) is 15.9 Å². The van der Waals surface area contributed by atoms with Crippen molar-refractivity contribution in [3.05, 3.63) is 23.7 Å². The average Bonchev–Trinajstić information content (AvgIpc) is 2.96. The zero-order valence-corrected chi connectivity index (χ0v) is 12.9. The number of hydrogen-bond acceptors (Lipinski definition) is 3. The quantitative estimate of drug-likeness (QED) is 0.418. The number of nitrogens with two attached hydrogens (primary N) is 2. The number of nitrogens with one attached hydrogen (secondary N) is 1. The Morgan fingerprint density at radius 1 is 1.42 bits per heavy atom. The van der Waals surface area contributed by atoms with E-state index in [0.29, 0.717) is 29.9 Å². The number of amides is 1. The van der Waals surface area contributed by atoms with E-state index in [9.17, 15) is 4.79 Å². The zero-order valence-electron chi connectivity index (χ0n) is 10.6. The van der Waals surface area contributed by atoms with Crippen molar-refractivity contribution in [1.29, 1.82) is 0 Å². The topological polar surface area (TPSA) is 107 Å². The number of halogens is 1. The van der Waals surface area contributed by atoms with Crippen molar-refractivity contribution in [2.24, 2.45) is 16.5 Å². The summed E-state index contributed by atoms with van der Waals surface area (Å²) in [6, 6.07) is 2.01. The molecule has 19 heavy (non-hydrogen) atoms. The Kier molecular flexibility index (Phi) is 6.13. The van der Waals surface area contributed by atoms with Gasteiger partial charge in [-0.05, 0) is 18.9 Å². The van der Waals surface area contributed by atoms with E-state index in [2.05, 4.69) is 10.3 Å². The summed E-state index contributed by atoms with van der Waals surface area (Å²) >= 11 is 0. The molecule has 0 unspecified atom stereocenters. The molecule has 0 atom stereocenters. The van der Waals surface area contributed by atoms with Crippen molar-refractivity contribution in [2.75, 3.05) is 0 Å². The molecule has 0 spiro atoms. The molecular weight excluding hydrogens is 359 g/mol. The van der Waals surface area contributed by atoms with Gasteiger partial charge in [0.05, 0.1) is 5.56 Å². The van der Waals surface area contributed by atoms with E-state index < -0.39 is 5.91 Å². The number of nitrogens with zero attached hydrogens (tertiary/aromatic N) is 1. The lowest BCUT2D eigenvalue weighted by Gasteiger charge is -2.11. The smallest absolute Gasteiger partial charge is 0.251 e. The van der Waals surface area contributed by atoms with Crippen LogP contribution in [0, 0.1) is 0 Å². The summed E-state index contributed by atoms with van der Waals surface area (Å²) in [5, 5.41) is 3.17. The molecular formula is C12H19IN4O2. The highest BCUT2D eigenvalue weighted by molar-refractivity contribution is 14.0. The summed E-state index contributed by atoms with van der Waals surface area (Å²) < 4.78 is 5.16. The van der Waals surface area contributed by atoms with Gasteiger partial charge in [0.1, 0.15) is 18.6 Å². The number of furan rings is 1. The standard InChI is InChI=1S/C12H18N4O2.HI/c13-11(17)8-5-10(18-7-8)6-15-12(14)16-9-3-1-2-4-9;/h5,7,9H,1-4,6H2,(H2,13,17)(H3,14,15,16);1H. The lowest BCUT2D eigenvalue weighted by Crippen LogP contribution is -2.38. The third kappa shape index (κ3) is 4.73. The molecule has 1 aliphatic carbocycles. The van der Waals surface area contributed by atoms with Crippen LogP contribution in [0.4, 0.5) is 0 Å². The molecule has 1 aromatic rings. The molecule has 1 amide bonds. The fourth-order valence-electron chi connectivity index (χ4n) is 2.08. The van der Waals surface area contributed by atoms with Gasteiger partial charge in [-0.2, -0.15) is 0 Å². The number of carbonyl (C=O) groups is 1. The molecule has 2 rings (SSSR count). The van der Waals surface area contributed by atoms with Crippen molar-refractivity contribution in [3.63, 3.8) is 0 Å². The Bertz CT molecular complexity index is 452. The van der Waals surface area contributed by atoms with Gasteiger partial charge in [0.2, 0.25) is 0 Å². The lowest BCUT2D eigenvalue weighted by molar-refractivity contribution is 0.0999. The molecule has 7 heteroatoms. The van der Waals surface area contributed by atoms with Gasteiger partial charge in [0, 0.05) is 6.04 Å². The molecule has 0 aliphatic heterocycles. The number of primary amides is 1. The summed E-state index contributed by atoms with van der Waals surface area (Å²) in [6.07, 6.45) is 6.09. The molecule has 0 bridgehead atoms. The highest BCUT2D eigenvalue weighted by Gasteiger charge is 2.14. The second kappa shape index (κ2) is 7.37. The summed E-state index contributed by atoms with van der Waals surface area (Å²) in [7, 11) is 0. The maximum atomic E-state index is 10.9. The highest BCUT2D eigenvalue weighted by atomic mass is 127. The Morgan fingerprint density at radius 2 is 2.11 bits per heavy atom. The first kappa shape index (κ1) is 15.8. The van der Waals surface area contributed by atoms with E-state index in [1.165, 1.54) is 19.1 Å². The summed E-state index contributed by atoms with van der Waals surface area (Å²) in [4.78, 5) is 15.0. The Labute approximate surface area is 129 Å². The fourth-order valence-corrected chi connectivity index (χ4v) is 2.08. The van der Waals surface area contributed by atoms with Crippen molar-refractivity contribution in [1.82, 2.24) is 5.32 Å². The van der Waals surface area contributed by atoms with Crippen LogP contribution in [0.3, 0.4) is 0 Å². The molecule has 1 heterocycles. The number of rotatable bonds is 4. The van der Waals surface area contributed by atoms with E-state index in [1.54, 1.807) is 6.07 Å². The second-order valence-corrected chi connectivity index (χ2v) is 4.49. The third-order valence-corrected chi connectivity index (χ3v) is 3.05. The van der Waals surface area contributed by atoms with Gasteiger partial charge in [0.15, 0.2) is 5.96 Å². The molecule has 0 radical (unpaired) electrons. The normalized spacial score (nSPS) is 16.1. The van der Waals surface area contributed by atoms with Gasteiger partial charge in [-0.15, -0.1) is 24.0 Å². The number of aliphatic imine (C=N–C) groups is 1. The van der Waals surface area contributed by atoms with E-state index >= 15 is 0 Å². The molecule has 1 aliphatic rings. The molecule has 1 saturated carbocycles. The third-order valence-electron chi connectivity index (χ3n) is 3.05. The maximum absolute atomic E-state index is 10.9. The van der Waals surface area contributed by atoms with Crippen LogP contribution in [0.1, 0.15) is 41.8 Å².